The third-order valence-corrected chi connectivity index (χ3v) is 7.43. The highest BCUT2D eigenvalue weighted by Crippen LogP contribution is 2.36. The Hall–Kier alpha value is -3.34. The van der Waals surface area contributed by atoms with Crippen molar-refractivity contribution in [3.05, 3.63) is 23.8 Å². The first-order valence-corrected chi connectivity index (χ1v) is 12.4. The van der Waals surface area contributed by atoms with E-state index in [1.807, 2.05) is 0 Å². The van der Waals surface area contributed by atoms with E-state index in [2.05, 4.69) is 5.32 Å². The van der Waals surface area contributed by atoms with E-state index in [1.165, 1.54) is 12.0 Å². The average Bonchev–Trinajstić information content (AvgIpc) is 2.90. The number of benzene rings is 1. The minimum atomic E-state index is -1.15. The number of hydrogen-bond acceptors (Lipinski definition) is 7. The second kappa shape index (κ2) is 11.2. The number of likely N-dealkylation sites (tertiary alicyclic amines) is 1. The number of nitrogens with zero attached hydrogens (tertiary/aromatic N) is 3. The van der Waals surface area contributed by atoms with E-state index < -0.39 is 29.9 Å². The number of β-lactam (4-membered cyclic amide) rings is 1. The number of ether oxygens (including phenoxy) is 2. The number of carbonyl (C=O) groups excluding carboxylic acids is 3. The van der Waals surface area contributed by atoms with Crippen molar-refractivity contribution in [1.82, 2.24) is 20.0 Å². The largest absolute Gasteiger partial charge is 0.493 e. The summed E-state index contributed by atoms with van der Waals surface area (Å²) in [5.74, 6) is -0.871. The number of imide groups is 1. The summed E-state index contributed by atoms with van der Waals surface area (Å²) in [6.45, 7) is 2.84. The second-order valence-corrected chi connectivity index (χ2v) is 9.54. The summed E-state index contributed by atoms with van der Waals surface area (Å²) in [7, 11) is 3.08. The van der Waals surface area contributed by atoms with E-state index in [9.17, 15) is 24.3 Å². The van der Waals surface area contributed by atoms with Gasteiger partial charge in [-0.15, -0.1) is 0 Å². The number of methoxy groups -OCH3 is 2. The number of carboxylic acid groups (broad SMARTS) is 1. The number of nitrogens with one attached hydrogen (secondary N) is 1. The van der Waals surface area contributed by atoms with Crippen LogP contribution in [0.3, 0.4) is 0 Å². The summed E-state index contributed by atoms with van der Waals surface area (Å²) in [6.07, 6.45) is 2.49. The Morgan fingerprint density at radius 2 is 1.64 bits per heavy atom. The molecule has 36 heavy (non-hydrogen) atoms. The molecule has 3 heterocycles. The van der Waals surface area contributed by atoms with Crippen LogP contribution in [0.25, 0.3) is 0 Å². The zero-order valence-corrected chi connectivity index (χ0v) is 20.8. The van der Waals surface area contributed by atoms with Gasteiger partial charge in [0.2, 0.25) is 11.8 Å². The third kappa shape index (κ3) is 5.25. The molecule has 2 N–H and O–H groups in total. The number of piperidine rings is 1. The smallest absolute Gasteiger partial charge is 0.327 e. The molecule has 1 aromatic rings. The molecule has 0 spiro atoms. The van der Waals surface area contributed by atoms with E-state index in [0.29, 0.717) is 36.9 Å². The van der Waals surface area contributed by atoms with E-state index in [0.717, 1.165) is 36.4 Å². The zero-order chi connectivity index (χ0) is 25.8. The van der Waals surface area contributed by atoms with Crippen molar-refractivity contribution in [2.45, 2.75) is 31.7 Å². The minimum absolute atomic E-state index is 0.0835. The summed E-state index contributed by atoms with van der Waals surface area (Å²) in [6, 6.07) is 3.61. The molecule has 11 heteroatoms. The molecule has 3 aliphatic heterocycles. The molecule has 0 radical (unpaired) electrons. The molecule has 4 amide bonds. The van der Waals surface area contributed by atoms with Crippen LogP contribution in [0.15, 0.2) is 18.2 Å². The van der Waals surface area contributed by atoms with Gasteiger partial charge in [-0.25, -0.2) is 14.5 Å². The van der Waals surface area contributed by atoms with E-state index in [1.54, 1.807) is 30.2 Å². The fourth-order valence-electron chi connectivity index (χ4n) is 5.33. The number of piperazine rings is 1. The van der Waals surface area contributed by atoms with Crippen molar-refractivity contribution in [3.63, 3.8) is 0 Å². The van der Waals surface area contributed by atoms with Gasteiger partial charge >= 0.3 is 12.0 Å². The molecular weight excluding hydrogens is 468 g/mol. The van der Waals surface area contributed by atoms with Gasteiger partial charge in [-0.1, -0.05) is 6.07 Å². The van der Waals surface area contributed by atoms with Crippen LogP contribution in [0.4, 0.5) is 4.79 Å². The topological polar surface area (TPSA) is 129 Å². The van der Waals surface area contributed by atoms with E-state index in [4.69, 9.17) is 9.47 Å². The summed E-state index contributed by atoms with van der Waals surface area (Å²) in [5.41, 5.74) is 0.784. The van der Waals surface area contributed by atoms with Crippen molar-refractivity contribution in [3.8, 4) is 11.5 Å². The van der Waals surface area contributed by atoms with Gasteiger partial charge in [0, 0.05) is 26.2 Å². The zero-order valence-electron chi connectivity index (χ0n) is 20.8. The molecule has 4 rings (SSSR count). The maximum atomic E-state index is 13.1. The number of amides is 4. The Balaban J connectivity index is 1.31. The maximum absolute atomic E-state index is 13.1. The highest BCUT2D eigenvalue weighted by Gasteiger charge is 2.56. The summed E-state index contributed by atoms with van der Waals surface area (Å²) >= 11 is 0. The summed E-state index contributed by atoms with van der Waals surface area (Å²) in [5, 5.41) is 13.0. The molecule has 3 aliphatic rings. The fraction of sp³-hybridized carbons (Fsp3) is 0.600. The molecule has 0 aliphatic carbocycles. The van der Waals surface area contributed by atoms with Crippen molar-refractivity contribution in [2.24, 2.45) is 11.8 Å². The molecular formula is C25H34N4O7. The number of hydrogen-bond donors (Lipinski definition) is 2. The normalized spacial score (nSPS) is 22.7. The first kappa shape index (κ1) is 25.7. The van der Waals surface area contributed by atoms with E-state index in [-0.39, 0.29) is 25.4 Å². The van der Waals surface area contributed by atoms with Crippen molar-refractivity contribution in [1.29, 1.82) is 0 Å². The lowest BCUT2D eigenvalue weighted by molar-refractivity contribution is -0.167. The van der Waals surface area contributed by atoms with Gasteiger partial charge in [0.1, 0.15) is 0 Å². The molecule has 0 aromatic heterocycles. The van der Waals surface area contributed by atoms with Gasteiger partial charge in [-0.05, 0) is 56.0 Å². The van der Waals surface area contributed by atoms with Crippen LogP contribution in [0.1, 0.15) is 24.8 Å². The fourth-order valence-corrected chi connectivity index (χ4v) is 5.33. The van der Waals surface area contributed by atoms with Gasteiger partial charge in [-0.3, -0.25) is 9.59 Å². The maximum Gasteiger partial charge on any atom is 0.327 e. The van der Waals surface area contributed by atoms with Gasteiger partial charge in [-0.2, -0.15) is 0 Å². The molecule has 0 bridgehead atoms. The lowest BCUT2D eigenvalue weighted by Crippen LogP contribution is -2.69. The Kier molecular flexibility index (Phi) is 7.97. The number of carbonyl (C=O) groups is 4. The Labute approximate surface area is 210 Å². The predicted octanol–water partition coefficient (Wildman–Crippen LogP) is 0.812. The number of carboxylic acids is 1. The standard InChI is InChI=1S/C25H34N4O7/c1-35-19-4-3-17(14-20(19)36-2)15-21(30)27-9-11-28(12-10-27)25(34)29-22(24(32)33)18(23(29)31)13-16-5-7-26-8-6-16/h3-4,14,16,18,22,26H,5-13,15H2,1-2H3,(H,32,33)/t18-,22+/m1/s1. The first-order valence-electron chi connectivity index (χ1n) is 12.4. The molecule has 3 fully saturated rings. The minimum Gasteiger partial charge on any atom is -0.493 e. The van der Waals surface area contributed by atoms with Crippen molar-refractivity contribution in [2.75, 3.05) is 53.5 Å². The highest BCUT2D eigenvalue weighted by atomic mass is 16.5. The van der Waals surface area contributed by atoms with Crippen LogP contribution in [0.5, 0.6) is 11.5 Å². The lowest BCUT2D eigenvalue weighted by Gasteiger charge is -2.47. The Bertz CT molecular complexity index is 1000. The average molecular weight is 503 g/mol. The van der Waals surface area contributed by atoms with Gasteiger partial charge in [0.15, 0.2) is 17.5 Å². The SMILES string of the molecule is COc1ccc(CC(=O)N2CCN(C(=O)N3C(=O)[C@H](CC4CCNCC4)[C@H]3C(=O)O)CC2)cc1OC. The second-order valence-electron chi connectivity index (χ2n) is 9.54. The number of aliphatic carboxylic acids is 1. The first-order chi connectivity index (χ1) is 17.3. The third-order valence-electron chi connectivity index (χ3n) is 7.43. The van der Waals surface area contributed by atoms with Gasteiger partial charge in [0.25, 0.3) is 0 Å². The summed E-state index contributed by atoms with van der Waals surface area (Å²) in [4.78, 5) is 54.7. The van der Waals surface area contributed by atoms with Crippen molar-refractivity contribution >= 4 is 23.8 Å². The Morgan fingerprint density at radius 3 is 2.25 bits per heavy atom. The van der Waals surface area contributed by atoms with Crippen LogP contribution >= 0.6 is 0 Å². The molecule has 3 saturated heterocycles. The predicted molar refractivity (Wildman–Crippen MR) is 129 cm³/mol. The van der Waals surface area contributed by atoms with Crippen LogP contribution in [-0.4, -0.2) is 103 Å². The summed E-state index contributed by atoms with van der Waals surface area (Å²) < 4.78 is 10.5. The molecule has 196 valence electrons. The Morgan fingerprint density at radius 1 is 1.00 bits per heavy atom. The number of urea groups is 1. The molecule has 0 unspecified atom stereocenters. The van der Waals surface area contributed by atoms with Crippen LogP contribution < -0.4 is 14.8 Å². The number of rotatable bonds is 7. The van der Waals surface area contributed by atoms with Gasteiger partial charge < -0.3 is 29.7 Å². The monoisotopic (exact) mass is 502 g/mol. The highest BCUT2D eigenvalue weighted by molar-refractivity contribution is 6.07. The van der Waals surface area contributed by atoms with Crippen molar-refractivity contribution < 1.29 is 33.8 Å². The molecule has 1 aromatic carbocycles. The molecule has 2 atom stereocenters. The quantitative estimate of drug-likeness (QED) is 0.525. The van der Waals surface area contributed by atoms with Gasteiger partial charge in [0.05, 0.1) is 26.6 Å². The molecule has 11 nitrogen and oxygen atoms in total. The lowest BCUT2D eigenvalue weighted by atomic mass is 9.78. The van der Waals surface area contributed by atoms with E-state index >= 15 is 0 Å². The van der Waals surface area contributed by atoms with Crippen LogP contribution in [0, 0.1) is 11.8 Å². The van der Waals surface area contributed by atoms with Crippen LogP contribution in [-0.2, 0) is 20.8 Å². The van der Waals surface area contributed by atoms with Crippen LogP contribution in [0.2, 0.25) is 0 Å². The molecule has 0 saturated carbocycles.